The molecule has 0 aliphatic heterocycles. The Morgan fingerprint density at radius 3 is 2.38 bits per heavy atom. The van der Waals surface area contributed by atoms with Crippen LogP contribution < -0.4 is 5.32 Å². The van der Waals surface area contributed by atoms with Gasteiger partial charge in [0.2, 0.25) is 5.91 Å². The van der Waals surface area contributed by atoms with Gasteiger partial charge >= 0.3 is 5.97 Å². The first kappa shape index (κ1) is 14.9. The molecule has 0 saturated carbocycles. The molecular formula is C11H22N2O3. The lowest BCUT2D eigenvalue weighted by atomic mass is 10.2. The summed E-state index contributed by atoms with van der Waals surface area (Å²) >= 11 is 0. The van der Waals surface area contributed by atoms with Crippen LogP contribution in [0.3, 0.4) is 0 Å². The van der Waals surface area contributed by atoms with Gasteiger partial charge in [-0.3, -0.25) is 14.9 Å². The average Bonchev–Trinajstić information content (AvgIpc) is 2.28. The largest absolute Gasteiger partial charge is 0.465 e. The maximum Gasteiger partial charge on any atom is 0.323 e. The molecule has 1 amide bonds. The van der Waals surface area contributed by atoms with Gasteiger partial charge in [-0.1, -0.05) is 6.92 Å². The van der Waals surface area contributed by atoms with Gasteiger partial charge in [0.15, 0.2) is 0 Å². The molecule has 0 radical (unpaired) electrons. The maximum absolute atomic E-state index is 11.5. The van der Waals surface area contributed by atoms with Crippen molar-refractivity contribution in [2.24, 2.45) is 0 Å². The van der Waals surface area contributed by atoms with E-state index in [-0.39, 0.29) is 18.4 Å². The molecule has 0 spiro atoms. The van der Waals surface area contributed by atoms with Crippen LogP contribution in [-0.2, 0) is 14.3 Å². The Kier molecular flexibility index (Phi) is 7.54. The second-order valence-corrected chi connectivity index (χ2v) is 3.50. The van der Waals surface area contributed by atoms with E-state index in [0.717, 1.165) is 0 Å². The van der Waals surface area contributed by atoms with E-state index < -0.39 is 6.04 Å². The maximum atomic E-state index is 11.5. The molecular weight excluding hydrogens is 208 g/mol. The van der Waals surface area contributed by atoms with Gasteiger partial charge in [-0.05, 0) is 20.3 Å². The molecule has 1 N–H and O–H groups in total. The number of carbonyl (C=O) groups is 2. The van der Waals surface area contributed by atoms with Gasteiger partial charge in [0.05, 0.1) is 13.2 Å². The number of likely N-dealkylation sites (N-methyl/N-ethyl adjacent to an activating group) is 1. The van der Waals surface area contributed by atoms with Crippen LogP contribution in [-0.4, -0.2) is 49.6 Å². The van der Waals surface area contributed by atoms with Crippen molar-refractivity contribution in [1.82, 2.24) is 10.2 Å². The van der Waals surface area contributed by atoms with E-state index >= 15 is 0 Å². The highest BCUT2D eigenvalue weighted by molar-refractivity contribution is 5.80. The molecule has 0 rings (SSSR count). The molecule has 1 atom stereocenters. The van der Waals surface area contributed by atoms with E-state index in [9.17, 15) is 9.59 Å². The quantitative estimate of drug-likeness (QED) is 0.643. The van der Waals surface area contributed by atoms with Crippen molar-refractivity contribution >= 4 is 11.9 Å². The lowest BCUT2D eigenvalue weighted by Gasteiger charge is -2.18. The number of carbonyl (C=O) groups excluding carboxylic acids is 2. The number of amides is 1. The third-order valence-electron chi connectivity index (χ3n) is 2.38. The molecule has 0 aliphatic carbocycles. The SMILES string of the molecule is CCOC(=O)C(CC)NCC(=O)N(C)CC. The Hall–Kier alpha value is -1.10. The van der Waals surface area contributed by atoms with Crippen LogP contribution in [0.4, 0.5) is 0 Å². The van der Waals surface area contributed by atoms with Gasteiger partial charge in [0.1, 0.15) is 6.04 Å². The Labute approximate surface area is 97.1 Å². The zero-order valence-electron chi connectivity index (χ0n) is 10.6. The number of nitrogens with one attached hydrogen (secondary N) is 1. The van der Waals surface area contributed by atoms with E-state index in [1.807, 2.05) is 13.8 Å². The molecule has 0 aromatic carbocycles. The average molecular weight is 230 g/mol. The van der Waals surface area contributed by atoms with E-state index in [2.05, 4.69) is 5.32 Å². The Bertz CT molecular complexity index is 231. The standard InChI is InChI=1S/C11H22N2O3/c1-5-9(11(15)16-7-3)12-8-10(14)13(4)6-2/h9,12H,5-8H2,1-4H3. The summed E-state index contributed by atoms with van der Waals surface area (Å²) in [5, 5.41) is 2.90. The van der Waals surface area contributed by atoms with Crippen molar-refractivity contribution in [1.29, 1.82) is 0 Å². The topological polar surface area (TPSA) is 58.6 Å². The van der Waals surface area contributed by atoms with Gasteiger partial charge in [-0.15, -0.1) is 0 Å². The zero-order chi connectivity index (χ0) is 12.6. The summed E-state index contributed by atoms with van der Waals surface area (Å²) in [4.78, 5) is 24.5. The van der Waals surface area contributed by atoms with Crippen molar-refractivity contribution in [3.8, 4) is 0 Å². The number of nitrogens with zero attached hydrogens (tertiary/aromatic N) is 1. The van der Waals surface area contributed by atoms with Gasteiger partial charge in [0.25, 0.3) is 0 Å². The molecule has 0 saturated heterocycles. The van der Waals surface area contributed by atoms with Gasteiger partial charge in [0, 0.05) is 13.6 Å². The van der Waals surface area contributed by atoms with Crippen molar-refractivity contribution in [2.75, 3.05) is 26.7 Å². The summed E-state index contributed by atoms with van der Waals surface area (Å²) in [6.07, 6.45) is 0.613. The number of hydrogen-bond acceptors (Lipinski definition) is 4. The molecule has 94 valence electrons. The molecule has 0 aromatic heterocycles. The first-order valence-corrected chi connectivity index (χ1v) is 5.70. The minimum atomic E-state index is -0.394. The van der Waals surface area contributed by atoms with Crippen LogP contribution in [0.2, 0.25) is 0 Å². The summed E-state index contributed by atoms with van der Waals surface area (Å²) in [5.74, 6) is -0.317. The van der Waals surface area contributed by atoms with Crippen molar-refractivity contribution in [3.05, 3.63) is 0 Å². The van der Waals surface area contributed by atoms with Crippen LogP contribution in [0.25, 0.3) is 0 Å². The second kappa shape index (κ2) is 8.10. The van der Waals surface area contributed by atoms with Gasteiger partial charge in [-0.25, -0.2) is 0 Å². The van der Waals surface area contributed by atoms with Crippen LogP contribution in [0, 0.1) is 0 Å². The molecule has 0 bridgehead atoms. The highest BCUT2D eigenvalue weighted by atomic mass is 16.5. The van der Waals surface area contributed by atoms with E-state index in [0.29, 0.717) is 19.6 Å². The monoisotopic (exact) mass is 230 g/mol. The normalized spacial score (nSPS) is 12.0. The lowest BCUT2D eigenvalue weighted by Crippen LogP contribution is -2.44. The molecule has 5 heteroatoms. The molecule has 0 aromatic rings. The predicted octanol–water partition coefficient (Wildman–Crippen LogP) is 0.396. The first-order chi connectivity index (χ1) is 7.56. The first-order valence-electron chi connectivity index (χ1n) is 5.70. The van der Waals surface area contributed by atoms with Crippen molar-refractivity contribution < 1.29 is 14.3 Å². The smallest absolute Gasteiger partial charge is 0.323 e. The Balaban J connectivity index is 4.05. The third-order valence-corrected chi connectivity index (χ3v) is 2.38. The number of ether oxygens (including phenoxy) is 1. The fourth-order valence-corrected chi connectivity index (χ4v) is 1.16. The predicted molar refractivity (Wildman–Crippen MR) is 62.0 cm³/mol. The van der Waals surface area contributed by atoms with Crippen molar-refractivity contribution in [3.63, 3.8) is 0 Å². The summed E-state index contributed by atoms with van der Waals surface area (Å²) in [6, 6.07) is -0.394. The Morgan fingerprint density at radius 1 is 1.31 bits per heavy atom. The summed E-state index contributed by atoms with van der Waals surface area (Å²) in [7, 11) is 1.73. The third kappa shape index (κ3) is 5.11. The van der Waals surface area contributed by atoms with E-state index in [1.165, 1.54) is 0 Å². The summed E-state index contributed by atoms with van der Waals surface area (Å²) in [6.45, 7) is 6.74. The van der Waals surface area contributed by atoms with Crippen LogP contribution in [0.5, 0.6) is 0 Å². The van der Waals surface area contributed by atoms with Gasteiger partial charge < -0.3 is 9.64 Å². The summed E-state index contributed by atoms with van der Waals surface area (Å²) in [5.41, 5.74) is 0. The molecule has 5 nitrogen and oxygen atoms in total. The molecule has 0 aliphatic rings. The van der Waals surface area contributed by atoms with Crippen molar-refractivity contribution in [2.45, 2.75) is 33.2 Å². The fourth-order valence-electron chi connectivity index (χ4n) is 1.16. The summed E-state index contributed by atoms with van der Waals surface area (Å²) < 4.78 is 4.89. The highest BCUT2D eigenvalue weighted by Crippen LogP contribution is 1.95. The number of esters is 1. The molecule has 0 heterocycles. The van der Waals surface area contributed by atoms with Crippen LogP contribution >= 0.6 is 0 Å². The minimum absolute atomic E-state index is 0.0229. The number of rotatable bonds is 7. The molecule has 1 unspecified atom stereocenters. The minimum Gasteiger partial charge on any atom is -0.465 e. The fraction of sp³-hybridized carbons (Fsp3) is 0.818. The zero-order valence-corrected chi connectivity index (χ0v) is 10.6. The lowest BCUT2D eigenvalue weighted by molar-refractivity contribution is -0.145. The molecule has 0 fully saturated rings. The second-order valence-electron chi connectivity index (χ2n) is 3.50. The Morgan fingerprint density at radius 2 is 1.94 bits per heavy atom. The highest BCUT2D eigenvalue weighted by Gasteiger charge is 2.18. The van der Waals surface area contributed by atoms with Crippen LogP contribution in [0.15, 0.2) is 0 Å². The van der Waals surface area contributed by atoms with E-state index in [4.69, 9.17) is 4.74 Å². The van der Waals surface area contributed by atoms with E-state index in [1.54, 1.807) is 18.9 Å². The van der Waals surface area contributed by atoms with Gasteiger partial charge in [-0.2, -0.15) is 0 Å². The molecule has 16 heavy (non-hydrogen) atoms. The number of hydrogen-bond donors (Lipinski definition) is 1. The van der Waals surface area contributed by atoms with Crippen LogP contribution in [0.1, 0.15) is 27.2 Å².